The molecule has 1 saturated carbocycles. The standard InChI is InChI=1S/C23H28N4O4/c1-13(20(28)24-14-6-4-5-7-14)27-21(29)23(2)19-16(10-11-26(23)22(27)30)17-12-15(31-3)8-9-18(17)25-19/h8-9,12-14,25H,4-7,10-11H2,1-3H3,(H,24,28)/t13-,23+/m0/s1. The first-order valence-corrected chi connectivity index (χ1v) is 11.0. The summed E-state index contributed by atoms with van der Waals surface area (Å²) < 4.78 is 5.36. The fraction of sp³-hybridized carbons (Fsp3) is 0.522. The van der Waals surface area contributed by atoms with Gasteiger partial charge in [-0.15, -0.1) is 0 Å². The lowest BCUT2D eigenvalue weighted by Crippen LogP contribution is -2.51. The first-order chi connectivity index (χ1) is 14.9. The van der Waals surface area contributed by atoms with Gasteiger partial charge in [0.05, 0.1) is 12.8 Å². The number of hydrogen-bond donors (Lipinski definition) is 2. The molecule has 0 bridgehead atoms. The van der Waals surface area contributed by atoms with E-state index in [1.807, 2.05) is 18.2 Å². The second kappa shape index (κ2) is 7.00. The molecule has 0 spiro atoms. The summed E-state index contributed by atoms with van der Waals surface area (Å²) in [6.45, 7) is 3.84. The molecule has 3 heterocycles. The maximum atomic E-state index is 13.7. The predicted octanol–water partition coefficient (Wildman–Crippen LogP) is 2.66. The minimum atomic E-state index is -1.15. The van der Waals surface area contributed by atoms with Gasteiger partial charge in [-0.1, -0.05) is 12.8 Å². The fourth-order valence-electron chi connectivity index (χ4n) is 5.42. The molecule has 3 aliphatic rings. The number of fused-ring (bicyclic) bond motifs is 5. The lowest BCUT2D eigenvalue weighted by Gasteiger charge is -2.36. The summed E-state index contributed by atoms with van der Waals surface area (Å²) in [7, 11) is 1.62. The van der Waals surface area contributed by atoms with Crippen LogP contribution in [0.4, 0.5) is 4.79 Å². The lowest BCUT2D eigenvalue weighted by molar-refractivity contribution is -0.139. The number of nitrogens with one attached hydrogen (secondary N) is 2. The Hall–Kier alpha value is -3.03. The van der Waals surface area contributed by atoms with Crippen molar-refractivity contribution in [3.05, 3.63) is 29.5 Å². The van der Waals surface area contributed by atoms with Crippen molar-refractivity contribution in [3.8, 4) is 5.75 Å². The van der Waals surface area contributed by atoms with Crippen molar-refractivity contribution in [2.24, 2.45) is 0 Å². The number of H-pyrrole nitrogens is 1. The number of amides is 4. The molecule has 0 unspecified atom stereocenters. The number of methoxy groups -OCH3 is 1. The Morgan fingerprint density at radius 3 is 2.74 bits per heavy atom. The first-order valence-electron chi connectivity index (χ1n) is 11.0. The second-order valence-corrected chi connectivity index (χ2v) is 8.99. The number of urea groups is 1. The molecule has 2 N–H and O–H groups in total. The third kappa shape index (κ3) is 2.77. The molecule has 2 fully saturated rings. The molecule has 31 heavy (non-hydrogen) atoms. The smallest absolute Gasteiger partial charge is 0.328 e. The Bertz CT molecular complexity index is 1090. The maximum absolute atomic E-state index is 13.7. The Kier molecular flexibility index (Phi) is 4.50. The third-order valence-corrected chi connectivity index (χ3v) is 7.27. The lowest BCUT2D eigenvalue weighted by atomic mass is 9.87. The highest BCUT2D eigenvalue weighted by Gasteiger charge is 2.60. The summed E-state index contributed by atoms with van der Waals surface area (Å²) in [6.07, 6.45) is 4.73. The van der Waals surface area contributed by atoms with Gasteiger partial charge >= 0.3 is 6.03 Å². The van der Waals surface area contributed by atoms with Gasteiger partial charge in [-0.05, 0) is 56.9 Å². The van der Waals surface area contributed by atoms with Gasteiger partial charge < -0.3 is 19.9 Å². The van der Waals surface area contributed by atoms with Crippen LogP contribution >= 0.6 is 0 Å². The summed E-state index contributed by atoms with van der Waals surface area (Å²) in [6, 6.07) is 4.64. The number of aromatic nitrogens is 1. The Balaban J connectivity index is 1.50. The second-order valence-electron chi connectivity index (χ2n) is 8.99. The molecule has 2 atom stereocenters. The van der Waals surface area contributed by atoms with Gasteiger partial charge in [0.25, 0.3) is 5.91 Å². The van der Waals surface area contributed by atoms with E-state index in [2.05, 4.69) is 10.3 Å². The van der Waals surface area contributed by atoms with Crippen LogP contribution in [0, 0.1) is 0 Å². The summed E-state index contributed by atoms with van der Waals surface area (Å²) in [5, 5.41) is 4.02. The van der Waals surface area contributed by atoms with Crippen molar-refractivity contribution >= 4 is 28.7 Å². The first kappa shape index (κ1) is 19.9. The number of hydrogen-bond acceptors (Lipinski definition) is 4. The van der Waals surface area contributed by atoms with E-state index in [0.717, 1.165) is 58.5 Å². The molecule has 1 aromatic carbocycles. The van der Waals surface area contributed by atoms with Crippen molar-refractivity contribution in [2.75, 3.05) is 13.7 Å². The van der Waals surface area contributed by atoms with Crippen LogP contribution < -0.4 is 10.1 Å². The van der Waals surface area contributed by atoms with Crippen LogP contribution in [0.25, 0.3) is 10.9 Å². The summed E-state index contributed by atoms with van der Waals surface area (Å²) >= 11 is 0. The van der Waals surface area contributed by atoms with Crippen molar-refractivity contribution in [1.29, 1.82) is 0 Å². The van der Waals surface area contributed by atoms with Gasteiger partial charge in [0.2, 0.25) is 5.91 Å². The molecule has 164 valence electrons. The van der Waals surface area contributed by atoms with E-state index >= 15 is 0 Å². The zero-order valence-electron chi connectivity index (χ0n) is 18.2. The molecule has 2 aliphatic heterocycles. The zero-order chi connectivity index (χ0) is 21.9. The molecule has 5 rings (SSSR count). The number of nitrogens with zero attached hydrogens (tertiary/aromatic N) is 2. The Morgan fingerprint density at radius 1 is 1.29 bits per heavy atom. The van der Waals surface area contributed by atoms with Gasteiger partial charge in [-0.3, -0.25) is 9.59 Å². The predicted molar refractivity (Wildman–Crippen MR) is 115 cm³/mol. The van der Waals surface area contributed by atoms with Gasteiger partial charge in [-0.2, -0.15) is 0 Å². The van der Waals surface area contributed by atoms with Crippen LogP contribution in [0.3, 0.4) is 0 Å². The van der Waals surface area contributed by atoms with Crippen LogP contribution in [0.1, 0.15) is 50.8 Å². The highest BCUT2D eigenvalue weighted by molar-refractivity contribution is 6.11. The molecule has 8 nitrogen and oxygen atoms in total. The fourth-order valence-corrected chi connectivity index (χ4v) is 5.42. The van der Waals surface area contributed by atoms with Crippen molar-refractivity contribution in [3.63, 3.8) is 0 Å². The zero-order valence-corrected chi connectivity index (χ0v) is 18.2. The van der Waals surface area contributed by atoms with Gasteiger partial charge in [0.1, 0.15) is 11.8 Å². The van der Waals surface area contributed by atoms with Gasteiger partial charge in [0, 0.05) is 23.5 Å². The molecule has 1 aliphatic carbocycles. The molecular weight excluding hydrogens is 396 g/mol. The molecule has 8 heteroatoms. The van der Waals surface area contributed by atoms with Gasteiger partial charge in [0.15, 0.2) is 5.54 Å². The number of ether oxygens (including phenoxy) is 1. The maximum Gasteiger partial charge on any atom is 0.328 e. The highest BCUT2D eigenvalue weighted by Crippen LogP contribution is 2.45. The average Bonchev–Trinajstić information content (AvgIpc) is 3.45. The van der Waals surface area contributed by atoms with Gasteiger partial charge in [-0.25, -0.2) is 9.69 Å². The molecular formula is C23H28N4O4. The average molecular weight is 425 g/mol. The molecule has 1 saturated heterocycles. The Labute approximate surface area is 180 Å². The molecule has 1 aromatic heterocycles. The largest absolute Gasteiger partial charge is 0.497 e. The van der Waals surface area contributed by atoms with Crippen LogP contribution in [-0.2, 0) is 21.5 Å². The van der Waals surface area contributed by atoms with Crippen LogP contribution in [-0.4, -0.2) is 58.4 Å². The van der Waals surface area contributed by atoms with Crippen LogP contribution in [0.5, 0.6) is 5.75 Å². The number of benzene rings is 1. The monoisotopic (exact) mass is 424 g/mol. The Morgan fingerprint density at radius 2 is 2.03 bits per heavy atom. The number of imide groups is 1. The topological polar surface area (TPSA) is 94.7 Å². The number of carbonyl (C=O) groups is 3. The molecule has 4 amide bonds. The van der Waals surface area contributed by atoms with E-state index in [1.54, 1.807) is 25.9 Å². The SMILES string of the molecule is COc1ccc2[nH]c3c(c2c1)CCN1C(=O)N([C@@H](C)C(=O)NC2CCCC2)C(=O)[C@@]31C. The third-order valence-electron chi connectivity index (χ3n) is 7.27. The summed E-state index contributed by atoms with van der Waals surface area (Å²) in [4.78, 5) is 45.9. The van der Waals surface area contributed by atoms with Crippen LogP contribution in [0.2, 0.25) is 0 Å². The number of rotatable bonds is 4. The molecule has 0 radical (unpaired) electrons. The van der Waals surface area contributed by atoms with E-state index in [4.69, 9.17) is 4.74 Å². The minimum absolute atomic E-state index is 0.135. The molecule has 2 aromatic rings. The van der Waals surface area contributed by atoms with Crippen LogP contribution in [0.15, 0.2) is 18.2 Å². The summed E-state index contributed by atoms with van der Waals surface area (Å²) in [5.41, 5.74) is 1.50. The van der Waals surface area contributed by atoms with Crippen molar-refractivity contribution in [2.45, 2.75) is 63.6 Å². The number of aromatic amines is 1. The quantitative estimate of drug-likeness (QED) is 0.738. The van der Waals surface area contributed by atoms with Crippen molar-refractivity contribution in [1.82, 2.24) is 20.1 Å². The van der Waals surface area contributed by atoms with E-state index in [1.165, 1.54) is 0 Å². The van der Waals surface area contributed by atoms with E-state index in [9.17, 15) is 14.4 Å². The minimum Gasteiger partial charge on any atom is -0.497 e. The summed E-state index contributed by atoms with van der Waals surface area (Å²) in [5.74, 6) is 0.124. The van der Waals surface area contributed by atoms with E-state index in [0.29, 0.717) is 13.0 Å². The van der Waals surface area contributed by atoms with E-state index in [-0.39, 0.29) is 17.9 Å². The van der Waals surface area contributed by atoms with Crippen molar-refractivity contribution < 1.29 is 19.1 Å². The number of carbonyl (C=O) groups excluding carboxylic acids is 3. The highest BCUT2D eigenvalue weighted by atomic mass is 16.5. The normalized spacial score (nSPS) is 24.5. The van der Waals surface area contributed by atoms with E-state index < -0.39 is 17.6 Å².